The van der Waals surface area contributed by atoms with E-state index in [0.717, 1.165) is 0 Å². The van der Waals surface area contributed by atoms with Gasteiger partial charge < -0.3 is 0 Å². The van der Waals surface area contributed by atoms with Crippen molar-refractivity contribution in [2.45, 2.75) is 45.4 Å². The van der Waals surface area contributed by atoms with E-state index < -0.39 is 0 Å². The Morgan fingerprint density at radius 2 is 1.62 bits per heavy atom. The van der Waals surface area contributed by atoms with Crippen LogP contribution in [0.5, 0.6) is 0 Å². The fourth-order valence-corrected chi connectivity index (χ4v) is 2.74. The molecule has 0 atom stereocenters. The molecular weight excluding hydrogens is 212 g/mol. The van der Waals surface area contributed by atoms with Gasteiger partial charge in [-0.3, -0.25) is 0 Å². The smallest absolute Gasteiger partial charge is 0.00270 e. The van der Waals surface area contributed by atoms with Crippen LogP contribution in [0.4, 0.5) is 0 Å². The maximum atomic E-state index is 2.27. The van der Waals surface area contributed by atoms with Gasteiger partial charge in [0.2, 0.25) is 0 Å². The molecule has 0 saturated heterocycles. The number of benzene rings is 1. The summed E-state index contributed by atoms with van der Waals surface area (Å²) in [6, 6.07) is 10.8. The molecule has 0 N–H and O–H groups in total. The molecule has 0 aliphatic rings. The van der Waals surface area contributed by atoms with Crippen molar-refractivity contribution in [2.24, 2.45) is 0 Å². The number of thioether (sulfide) groups is 1. The third kappa shape index (κ3) is 6.95. The van der Waals surface area contributed by atoms with Crippen LogP contribution in [0.1, 0.15) is 44.6 Å². The van der Waals surface area contributed by atoms with Crippen molar-refractivity contribution in [3.05, 3.63) is 35.9 Å². The summed E-state index contributed by atoms with van der Waals surface area (Å²) in [5.74, 6) is 2.62. The Hall–Kier alpha value is -0.430. The fourth-order valence-electron chi connectivity index (χ4n) is 1.74. The van der Waals surface area contributed by atoms with E-state index in [-0.39, 0.29) is 0 Å². The third-order valence-corrected chi connectivity index (χ3v) is 3.84. The zero-order chi connectivity index (χ0) is 11.5. The maximum Gasteiger partial charge on any atom is -0.00270 e. The third-order valence-electron chi connectivity index (χ3n) is 2.77. The Morgan fingerprint density at radius 1 is 0.875 bits per heavy atom. The molecule has 0 nitrogen and oxygen atoms in total. The van der Waals surface area contributed by atoms with E-state index in [1.807, 2.05) is 0 Å². The normalized spacial score (nSPS) is 10.6. The van der Waals surface area contributed by atoms with Crippen molar-refractivity contribution in [1.82, 2.24) is 0 Å². The van der Waals surface area contributed by atoms with Gasteiger partial charge in [-0.05, 0) is 29.9 Å². The van der Waals surface area contributed by atoms with Crippen LogP contribution in [0.25, 0.3) is 0 Å². The molecule has 0 aromatic heterocycles. The van der Waals surface area contributed by atoms with Crippen LogP contribution in [0.3, 0.4) is 0 Å². The van der Waals surface area contributed by atoms with Crippen molar-refractivity contribution in [1.29, 1.82) is 0 Å². The summed E-state index contributed by atoms with van der Waals surface area (Å²) in [4.78, 5) is 0. The van der Waals surface area contributed by atoms with Crippen LogP contribution in [-0.4, -0.2) is 11.5 Å². The molecule has 1 aromatic rings. The van der Waals surface area contributed by atoms with Gasteiger partial charge in [-0.2, -0.15) is 11.8 Å². The summed E-state index contributed by atoms with van der Waals surface area (Å²) in [7, 11) is 0. The zero-order valence-corrected chi connectivity index (χ0v) is 11.3. The molecular formula is C15H24S. The van der Waals surface area contributed by atoms with E-state index in [0.29, 0.717) is 0 Å². The molecule has 16 heavy (non-hydrogen) atoms. The summed E-state index contributed by atoms with van der Waals surface area (Å²) in [6.45, 7) is 2.27. The lowest BCUT2D eigenvalue weighted by Crippen LogP contribution is -1.90. The highest BCUT2D eigenvalue weighted by Gasteiger charge is 1.93. The second-order valence-electron chi connectivity index (χ2n) is 4.26. The second-order valence-corrected chi connectivity index (χ2v) is 5.49. The molecule has 0 heterocycles. The highest BCUT2D eigenvalue weighted by atomic mass is 32.2. The Balaban J connectivity index is 1.89. The van der Waals surface area contributed by atoms with E-state index in [9.17, 15) is 0 Å². The van der Waals surface area contributed by atoms with Gasteiger partial charge >= 0.3 is 0 Å². The monoisotopic (exact) mass is 236 g/mol. The van der Waals surface area contributed by atoms with Crippen molar-refractivity contribution >= 4 is 11.8 Å². The number of rotatable bonds is 9. The van der Waals surface area contributed by atoms with E-state index in [2.05, 4.69) is 49.0 Å². The quantitative estimate of drug-likeness (QED) is 0.548. The molecule has 0 saturated carbocycles. The summed E-state index contributed by atoms with van der Waals surface area (Å²) in [5.41, 5.74) is 1.47. The fraction of sp³-hybridized carbons (Fsp3) is 0.600. The van der Waals surface area contributed by atoms with Gasteiger partial charge in [0.05, 0.1) is 0 Å². The molecule has 0 unspecified atom stereocenters. The van der Waals surface area contributed by atoms with Crippen molar-refractivity contribution < 1.29 is 0 Å². The molecule has 0 fully saturated rings. The first-order valence-electron chi connectivity index (χ1n) is 6.55. The Bertz CT molecular complexity index is 243. The average Bonchev–Trinajstić information content (AvgIpc) is 2.34. The van der Waals surface area contributed by atoms with Crippen LogP contribution in [0.2, 0.25) is 0 Å². The van der Waals surface area contributed by atoms with Crippen LogP contribution >= 0.6 is 11.8 Å². The molecule has 1 heteroatoms. The zero-order valence-electron chi connectivity index (χ0n) is 10.5. The summed E-state index contributed by atoms with van der Waals surface area (Å²) in [5, 5.41) is 0. The van der Waals surface area contributed by atoms with Gasteiger partial charge in [0.15, 0.2) is 0 Å². The number of aryl methyl sites for hydroxylation is 1. The van der Waals surface area contributed by atoms with Gasteiger partial charge in [0.1, 0.15) is 0 Å². The number of hydrogen-bond donors (Lipinski definition) is 0. The largest absolute Gasteiger partial charge is 0.162 e. The topological polar surface area (TPSA) is 0 Å². The highest BCUT2D eigenvalue weighted by Crippen LogP contribution is 2.11. The Kier molecular flexibility index (Phi) is 8.33. The van der Waals surface area contributed by atoms with Crippen molar-refractivity contribution in [3.8, 4) is 0 Å². The molecule has 0 aliphatic heterocycles. The number of unbranched alkanes of at least 4 members (excludes halogenated alkanes) is 4. The molecule has 0 bridgehead atoms. The van der Waals surface area contributed by atoms with Crippen molar-refractivity contribution in [2.75, 3.05) is 11.5 Å². The average molecular weight is 236 g/mol. The van der Waals surface area contributed by atoms with E-state index >= 15 is 0 Å². The second kappa shape index (κ2) is 9.77. The van der Waals surface area contributed by atoms with Crippen LogP contribution in [0, 0.1) is 0 Å². The lowest BCUT2D eigenvalue weighted by molar-refractivity contribution is 0.659. The van der Waals surface area contributed by atoms with Crippen LogP contribution in [-0.2, 0) is 6.42 Å². The first kappa shape index (κ1) is 13.6. The molecule has 0 radical (unpaired) electrons. The molecule has 90 valence electrons. The lowest BCUT2D eigenvalue weighted by atomic mass is 10.2. The van der Waals surface area contributed by atoms with Crippen LogP contribution in [0.15, 0.2) is 30.3 Å². The SMILES string of the molecule is CCCCCCCSCCc1ccccc1. The van der Waals surface area contributed by atoms with Gasteiger partial charge in [0, 0.05) is 0 Å². The molecule has 1 rings (SSSR count). The summed E-state index contributed by atoms with van der Waals surface area (Å²) < 4.78 is 0. The van der Waals surface area contributed by atoms with Gasteiger partial charge in [-0.1, -0.05) is 62.9 Å². The van der Waals surface area contributed by atoms with E-state index in [1.165, 1.54) is 55.6 Å². The Labute approximate surface area is 105 Å². The molecule has 0 spiro atoms. The first-order valence-corrected chi connectivity index (χ1v) is 7.70. The summed E-state index contributed by atoms with van der Waals surface area (Å²) >= 11 is 2.11. The minimum absolute atomic E-state index is 1.22. The molecule has 0 amide bonds. The maximum absolute atomic E-state index is 2.27. The van der Waals surface area contributed by atoms with Gasteiger partial charge in [0.25, 0.3) is 0 Å². The standard InChI is InChI=1S/C15H24S/c1-2-3-4-5-9-13-16-14-12-15-10-7-6-8-11-15/h6-8,10-11H,2-5,9,12-14H2,1H3. The van der Waals surface area contributed by atoms with Gasteiger partial charge in [-0.15, -0.1) is 0 Å². The van der Waals surface area contributed by atoms with Crippen LogP contribution < -0.4 is 0 Å². The van der Waals surface area contributed by atoms with E-state index in [1.54, 1.807) is 0 Å². The predicted molar refractivity (Wildman–Crippen MR) is 76.2 cm³/mol. The minimum atomic E-state index is 1.22. The molecule has 0 aliphatic carbocycles. The van der Waals surface area contributed by atoms with Crippen molar-refractivity contribution in [3.63, 3.8) is 0 Å². The highest BCUT2D eigenvalue weighted by molar-refractivity contribution is 7.99. The minimum Gasteiger partial charge on any atom is -0.162 e. The Morgan fingerprint density at radius 3 is 2.38 bits per heavy atom. The summed E-state index contributed by atoms with van der Waals surface area (Å²) in [6.07, 6.45) is 8.23. The van der Waals surface area contributed by atoms with E-state index in [4.69, 9.17) is 0 Å². The van der Waals surface area contributed by atoms with Gasteiger partial charge in [-0.25, -0.2) is 0 Å². The lowest BCUT2D eigenvalue weighted by Gasteiger charge is -2.02. The number of hydrogen-bond acceptors (Lipinski definition) is 1. The first-order chi connectivity index (χ1) is 7.93. The predicted octanol–water partition coefficient (Wildman–Crippen LogP) is 4.93. The molecule has 1 aromatic carbocycles.